The fourth-order valence-electron chi connectivity index (χ4n) is 4.06. The van der Waals surface area contributed by atoms with E-state index in [2.05, 4.69) is 17.9 Å². The van der Waals surface area contributed by atoms with E-state index in [1.807, 2.05) is 12.1 Å². The number of ether oxygens (including phenoxy) is 1. The monoisotopic (exact) mass is 434 g/mol. The van der Waals surface area contributed by atoms with E-state index < -0.39 is 10.0 Å². The molecule has 1 aromatic carbocycles. The van der Waals surface area contributed by atoms with Crippen LogP contribution in [0.5, 0.6) is 5.06 Å². The Morgan fingerprint density at radius 1 is 1.10 bits per heavy atom. The van der Waals surface area contributed by atoms with E-state index in [1.165, 1.54) is 31.5 Å². The molecule has 0 bridgehead atoms. The first-order valence-corrected chi connectivity index (χ1v) is 12.9. The molecule has 0 amide bonds. The number of fused-ring (bicyclic) bond motifs is 1. The normalized spacial score (nSPS) is 18.1. The molecule has 0 spiro atoms. The van der Waals surface area contributed by atoms with Gasteiger partial charge < -0.3 is 9.64 Å². The van der Waals surface area contributed by atoms with Gasteiger partial charge in [-0.1, -0.05) is 19.1 Å². The van der Waals surface area contributed by atoms with Crippen molar-refractivity contribution in [3.8, 4) is 5.06 Å². The second kappa shape index (κ2) is 9.16. The van der Waals surface area contributed by atoms with Crippen molar-refractivity contribution in [2.24, 2.45) is 0 Å². The number of aryl methyl sites for hydroxylation is 1. The Labute approximate surface area is 178 Å². The maximum Gasteiger partial charge on any atom is 0.243 e. The Hall–Kier alpha value is -1.41. The van der Waals surface area contributed by atoms with E-state index in [4.69, 9.17) is 4.74 Å². The van der Waals surface area contributed by atoms with Crippen LogP contribution in [0.4, 0.5) is 0 Å². The van der Waals surface area contributed by atoms with E-state index in [0.717, 1.165) is 47.9 Å². The lowest BCUT2D eigenvalue weighted by Gasteiger charge is -2.26. The fourth-order valence-corrected chi connectivity index (χ4v) is 6.65. The number of likely N-dealkylation sites (tertiary alicyclic amines) is 1. The second-order valence-corrected chi connectivity index (χ2v) is 10.9. The highest BCUT2D eigenvalue weighted by Gasteiger charge is 2.29. The zero-order chi connectivity index (χ0) is 20.3. The van der Waals surface area contributed by atoms with Gasteiger partial charge in [0.2, 0.25) is 10.0 Å². The molecule has 2 aliphatic heterocycles. The van der Waals surface area contributed by atoms with Gasteiger partial charge in [-0.05, 0) is 74.5 Å². The Balaban J connectivity index is 1.35. The first-order valence-electron chi connectivity index (χ1n) is 10.6. The standard InChI is InChI=1S/C22H30N2O3S2/c1-2-18-6-8-20(9-7-18)29(25,26)24-14-10-19-16-22(28-21(19)17-24)27-15-5-13-23-11-3-4-12-23/h6-9,16H,2-5,10-15,17H2,1H3. The molecule has 0 N–H and O–H groups in total. The largest absolute Gasteiger partial charge is 0.484 e. The second-order valence-electron chi connectivity index (χ2n) is 7.85. The van der Waals surface area contributed by atoms with Crippen molar-refractivity contribution in [1.29, 1.82) is 0 Å². The summed E-state index contributed by atoms with van der Waals surface area (Å²) >= 11 is 1.60. The topological polar surface area (TPSA) is 49.9 Å². The predicted molar refractivity (Wildman–Crippen MR) is 117 cm³/mol. The summed E-state index contributed by atoms with van der Waals surface area (Å²) in [6, 6.07) is 9.37. The molecule has 0 radical (unpaired) electrons. The van der Waals surface area contributed by atoms with Crippen molar-refractivity contribution in [3.63, 3.8) is 0 Å². The number of hydrogen-bond donors (Lipinski definition) is 0. The first-order chi connectivity index (χ1) is 14.1. The van der Waals surface area contributed by atoms with Crippen LogP contribution in [-0.2, 0) is 29.4 Å². The molecule has 5 nitrogen and oxygen atoms in total. The summed E-state index contributed by atoms with van der Waals surface area (Å²) in [5.41, 5.74) is 2.38. The van der Waals surface area contributed by atoms with Crippen molar-refractivity contribution in [3.05, 3.63) is 46.3 Å². The van der Waals surface area contributed by atoms with Crippen molar-refractivity contribution >= 4 is 21.4 Å². The summed E-state index contributed by atoms with van der Waals surface area (Å²) in [5, 5.41) is 0.919. The summed E-state index contributed by atoms with van der Waals surface area (Å²) in [7, 11) is -3.46. The third kappa shape index (κ3) is 4.85. The van der Waals surface area contributed by atoms with E-state index in [0.29, 0.717) is 18.0 Å². The molecule has 3 heterocycles. The molecule has 0 saturated carbocycles. The number of nitrogens with zero attached hydrogens (tertiary/aromatic N) is 2. The molecule has 29 heavy (non-hydrogen) atoms. The minimum absolute atomic E-state index is 0.382. The number of rotatable bonds is 8. The Morgan fingerprint density at radius 2 is 1.86 bits per heavy atom. The number of benzene rings is 1. The van der Waals surface area contributed by atoms with E-state index in [1.54, 1.807) is 27.8 Å². The minimum atomic E-state index is -3.46. The molecule has 2 aliphatic rings. The van der Waals surface area contributed by atoms with Gasteiger partial charge in [-0.2, -0.15) is 4.31 Å². The van der Waals surface area contributed by atoms with Crippen LogP contribution in [0.15, 0.2) is 35.2 Å². The van der Waals surface area contributed by atoms with Gasteiger partial charge in [0.25, 0.3) is 0 Å². The molecule has 7 heteroatoms. The van der Waals surface area contributed by atoms with Crippen LogP contribution in [-0.4, -0.2) is 50.4 Å². The van der Waals surface area contributed by atoms with Gasteiger partial charge in [0.05, 0.1) is 11.5 Å². The van der Waals surface area contributed by atoms with Crippen LogP contribution in [0.1, 0.15) is 42.2 Å². The van der Waals surface area contributed by atoms with Crippen LogP contribution >= 0.6 is 11.3 Å². The van der Waals surface area contributed by atoms with Gasteiger partial charge in [0, 0.05) is 24.5 Å². The fraction of sp³-hybridized carbons (Fsp3) is 0.545. The Bertz CT molecular complexity index is 916. The van der Waals surface area contributed by atoms with Crippen molar-refractivity contribution in [2.75, 3.05) is 32.8 Å². The SMILES string of the molecule is CCc1ccc(S(=O)(=O)N2CCc3cc(OCCCN4CCCC4)sc3C2)cc1. The molecule has 0 unspecified atom stereocenters. The zero-order valence-corrected chi connectivity index (χ0v) is 18.7. The number of hydrogen-bond acceptors (Lipinski definition) is 5. The molecule has 4 rings (SSSR count). The van der Waals surface area contributed by atoms with Gasteiger partial charge in [-0.3, -0.25) is 0 Å². The van der Waals surface area contributed by atoms with Gasteiger partial charge >= 0.3 is 0 Å². The lowest BCUT2D eigenvalue weighted by atomic mass is 10.1. The molecular weight excluding hydrogens is 404 g/mol. The smallest absolute Gasteiger partial charge is 0.243 e. The molecule has 1 aromatic heterocycles. The average molecular weight is 435 g/mol. The number of sulfonamides is 1. The summed E-state index contributed by atoms with van der Waals surface area (Å²) in [4.78, 5) is 3.99. The zero-order valence-electron chi connectivity index (χ0n) is 17.1. The summed E-state index contributed by atoms with van der Waals surface area (Å²) in [5.74, 6) is 0. The van der Waals surface area contributed by atoms with Crippen LogP contribution in [0.2, 0.25) is 0 Å². The maximum atomic E-state index is 13.0. The van der Waals surface area contributed by atoms with Gasteiger partial charge in [0.15, 0.2) is 5.06 Å². The van der Waals surface area contributed by atoms with E-state index >= 15 is 0 Å². The van der Waals surface area contributed by atoms with Crippen molar-refractivity contribution in [1.82, 2.24) is 9.21 Å². The Morgan fingerprint density at radius 3 is 2.59 bits per heavy atom. The van der Waals surface area contributed by atoms with Crippen molar-refractivity contribution in [2.45, 2.75) is 50.5 Å². The lowest BCUT2D eigenvalue weighted by molar-refractivity contribution is 0.268. The van der Waals surface area contributed by atoms with E-state index in [-0.39, 0.29) is 0 Å². The summed E-state index contributed by atoms with van der Waals surface area (Å²) in [6.07, 6.45) is 5.33. The lowest BCUT2D eigenvalue weighted by Crippen LogP contribution is -2.35. The molecule has 1 saturated heterocycles. The average Bonchev–Trinajstić information content (AvgIpc) is 3.40. The highest BCUT2D eigenvalue weighted by atomic mass is 32.2. The van der Waals surface area contributed by atoms with Crippen LogP contribution in [0, 0.1) is 0 Å². The Kier molecular flexibility index (Phi) is 6.59. The highest BCUT2D eigenvalue weighted by Crippen LogP contribution is 2.35. The maximum absolute atomic E-state index is 13.0. The van der Waals surface area contributed by atoms with Gasteiger partial charge in [-0.25, -0.2) is 8.42 Å². The molecule has 1 fully saturated rings. The third-order valence-corrected chi connectivity index (χ3v) is 8.79. The van der Waals surface area contributed by atoms with Gasteiger partial charge in [0.1, 0.15) is 0 Å². The predicted octanol–water partition coefficient (Wildman–Crippen LogP) is 3.92. The van der Waals surface area contributed by atoms with Gasteiger partial charge in [-0.15, -0.1) is 11.3 Å². The third-order valence-electron chi connectivity index (χ3n) is 5.86. The first kappa shape index (κ1) is 20.8. The summed E-state index contributed by atoms with van der Waals surface area (Å²) in [6.45, 7) is 7.30. The number of thiophene rings is 1. The summed E-state index contributed by atoms with van der Waals surface area (Å²) < 4.78 is 33.6. The molecule has 0 atom stereocenters. The van der Waals surface area contributed by atoms with Crippen LogP contribution < -0.4 is 4.74 Å². The molecule has 0 aliphatic carbocycles. The highest BCUT2D eigenvalue weighted by molar-refractivity contribution is 7.89. The van der Waals surface area contributed by atoms with Crippen molar-refractivity contribution < 1.29 is 13.2 Å². The van der Waals surface area contributed by atoms with Crippen LogP contribution in [0.25, 0.3) is 0 Å². The quantitative estimate of drug-likeness (QED) is 0.591. The van der Waals surface area contributed by atoms with E-state index in [9.17, 15) is 8.42 Å². The molecule has 2 aromatic rings. The van der Waals surface area contributed by atoms with Crippen LogP contribution in [0.3, 0.4) is 0 Å². The molecular formula is C22H30N2O3S2. The minimum Gasteiger partial charge on any atom is -0.484 e. The molecule has 158 valence electrons.